The molecule has 6 heteroatoms. The second kappa shape index (κ2) is 7.85. The van der Waals surface area contributed by atoms with Crippen molar-refractivity contribution in [2.75, 3.05) is 20.2 Å². The second-order valence-corrected chi connectivity index (χ2v) is 13.7. The van der Waals surface area contributed by atoms with Crippen LogP contribution in [0.4, 0.5) is 0 Å². The van der Waals surface area contributed by atoms with Crippen molar-refractivity contribution in [3.05, 3.63) is 22.9 Å². The lowest BCUT2D eigenvalue weighted by molar-refractivity contribution is -0.143. The van der Waals surface area contributed by atoms with Gasteiger partial charge in [0.2, 0.25) is 0 Å². The molecule has 0 bridgehead atoms. The Labute approximate surface area is 158 Å². The minimum atomic E-state index is -1.72. The van der Waals surface area contributed by atoms with E-state index in [1.54, 1.807) is 0 Å². The summed E-state index contributed by atoms with van der Waals surface area (Å²) in [6.45, 7) is 13.4. The zero-order valence-electron chi connectivity index (χ0n) is 16.4. The van der Waals surface area contributed by atoms with Crippen LogP contribution in [0.25, 0.3) is 0 Å². The number of rotatable bonds is 4. The molecule has 0 aromatic rings. The third-order valence-electron chi connectivity index (χ3n) is 5.71. The molecular weight excluding hydrogens is 354 g/mol. The van der Waals surface area contributed by atoms with Gasteiger partial charge in [0.25, 0.3) is 0 Å². The molecule has 4 nitrogen and oxygen atoms in total. The van der Waals surface area contributed by atoms with Gasteiger partial charge in [0.05, 0.1) is 23.8 Å². The number of hydrogen-bond acceptors (Lipinski definition) is 4. The summed E-state index contributed by atoms with van der Waals surface area (Å²) in [5.41, 5.74) is 1.05. The van der Waals surface area contributed by atoms with Gasteiger partial charge in [-0.1, -0.05) is 38.4 Å². The van der Waals surface area contributed by atoms with Crippen LogP contribution in [-0.4, -0.2) is 45.5 Å². The summed E-state index contributed by atoms with van der Waals surface area (Å²) in [6.07, 6.45) is 6.92. The van der Waals surface area contributed by atoms with Crippen molar-refractivity contribution in [2.45, 2.75) is 64.3 Å². The molecule has 1 unspecified atom stereocenters. The molecule has 1 fully saturated rings. The summed E-state index contributed by atoms with van der Waals surface area (Å²) in [4.78, 5) is 14.0. The molecule has 1 aliphatic heterocycles. The summed E-state index contributed by atoms with van der Waals surface area (Å²) in [5.74, 6) is -0.490. The fourth-order valence-corrected chi connectivity index (χ4v) is 4.84. The summed E-state index contributed by atoms with van der Waals surface area (Å²) < 4.78 is 11.4. The SMILES string of the molecule is COC(=O)C1C=C(Cl)C(N2CCC(O[Si](C)(C)C(C)(C)C)CC2)=CC1. The fourth-order valence-electron chi connectivity index (χ4n) is 3.07. The van der Waals surface area contributed by atoms with E-state index in [-0.39, 0.29) is 16.9 Å². The van der Waals surface area contributed by atoms with Gasteiger partial charge in [-0.2, -0.15) is 0 Å². The maximum atomic E-state index is 11.7. The van der Waals surface area contributed by atoms with Crippen LogP contribution in [0.1, 0.15) is 40.0 Å². The van der Waals surface area contributed by atoms with Crippen molar-refractivity contribution in [2.24, 2.45) is 5.92 Å². The van der Waals surface area contributed by atoms with Gasteiger partial charge in [-0.05, 0) is 43.5 Å². The van der Waals surface area contributed by atoms with E-state index in [0.717, 1.165) is 31.6 Å². The number of piperidine rings is 1. The highest BCUT2D eigenvalue weighted by molar-refractivity contribution is 6.74. The predicted molar refractivity (Wildman–Crippen MR) is 105 cm³/mol. The molecule has 2 rings (SSSR count). The molecule has 0 amide bonds. The standard InChI is InChI=1S/C19H32ClNO3Si/c1-19(2,3)25(5,6)24-15-9-11-21(12-10-15)17-8-7-14(13-16(17)20)18(22)23-4/h8,13-15H,7,9-12H2,1-6H3. The molecule has 0 saturated carbocycles. The van der Waals surface area contributed by atoms with Crippen LogP contribution in [0.15, 0.2) is 22.9 Å². The predicted octanol–water partition coefficient (Wildman–Crippen LogP) is 4.67. The van der Waals surface area contributed by atoms with E-state index in [2.05, 4.69) is 44.8 Å². The molecule has 1 saturated heterocycles. The van der Waals surface area contributed by atoms with Gasteiger partial charge < -0.3 is 14.1 Å². The molecule has 1 atom stereocenters. The number of nitrogens with zero attached hydrogens (tertiary/aromatic N) is 1. The van der Waals surface area contributed by atoms with Crippen molar-refractivity contribution in [1.82, 2.24) is 4.90 Å². The normalized spacial score (nSPS) is 23.2. The monoisotopic (exact) mass is 385 g/mol. The Hall–Kier alpha value is -0.783. The van der Waals surface area contributed by atoms with Crippen LogP contribution in [0.5, 0.6) is 0 Å². The van der Waals surface area contributed by atoms with E-state index in [9.17, 15) is 4.79 Å². The molecule has 2 aliphatic rings. The number of methoxy groups -OCH3 is 1. The van der Waals surface area contributed by atoms with E-state index in [1.807, 2.05) is 6.08 Å². The molecule has 25 heavy (non-hydrogen) atoms. The number of carbonyl (C=O) groups is 1. The van der Waals surface area contributed by atoms with E-state index in [1.165, 1.54) is 7.11 Å². The highest BCUT2D eigenvalue weighted by Crippen LogP contribution is 2.39. The fraction of sp³-hybridized carbons (Fsp3) is 0.737. The van der Waals surface area contributed by atoms with Gasteiger partial charge in [-0.25, -0.2) is 0 Å². The maximum absolute atomic E-state index is 11.7. The molecule has 0 radical (unpaired) electrons. The molecule has 142 valence electrons. The van der Waals surface area contributed by atoms with Crippen molar-refractivity contribution in [1.29, 1.82) is 0 Å². The first-order valence-electron chi connectivity index (χ1n) is 9.13. The number of allylic oxidation sites excluding steroid dienone is 2. The third-order valence-corrected chi connectivity index (χ3v) is 10.6. The molecule has 0 aromatic heterocycles. The Bertz CT molecular complexity index is 558. The average molecular weight is 386 g/mol. The third kappa shape index (κ3) is 4.89. The van der Waals surface area contributed by atoms with Crippen LogP contribution in [0.3, 0.4) is 0 Å². The van der Waals surface area contributed by atoms with Crippen molar-refractivity contribution >= 4 is 25.9 Å². The van der Waals surface area contributed by atoms with Crippen LogP contribution in [0, 0.1) is 5.92 Å². The van der Waals surface area contributed by atoms with Crippen LogP contribution < -0.4 is 0 Å². The van der Waals surface area contributed by atoms with E-state index >= 15 is 0 Å². The quantitative estimate of drug-likeness (QED) is 0.520. The van der Waals surface area contributed by atoms with Crippen molar-refractivity contribution in [3.8, 4) is 0 Å². The van der Waals surface area contributed by atoms with Crippen molar-refractivity contribution in [3.63, 3.8) is 0 Å². The first kappa shape index (κ1) is 20.5. The van der Waals surface area contributed by atoms with Gasteiger partial charge in [0, 0.05) is 19.2 Å². The highest BCUT2D eigenvalue weighted by atomic mass is 35.5. The van der Waals surface area contributed by atoms with Crippen LogP contribution >= 0.6 is 11.6 Å². The Morgan fingerprint density at radius 3 is 2.36 bits per heavy atom. The lowest BCUT2D eigenvalue weighted by atomic mass is 9.97. The zero-order valence-corrected chi connectivity index (χ0v) is 18.2. The van der Waals surface area contributed by atoms with Gasteiger partial charge in [0.1, 0.15) is 0 Å². The molecule has 0 N–H and O–H groups in total. The topological polar surface area (TPSA) is 38.8 Å². The Morgan fingerprint density at radius 2 is 1.88 bits per heavy atom. The Balaban J connectivity index is 1.92. The van der Waals surface area contributed by atoms with E-state index in [4.69, 9.17) is 20.8 Å². The lowest BCUT2D eigenvalue weighted by Gasteiger charge is -2.43. The van der Waals surface area contributed by atoms with E-state index < -0.39 is 8.32 Å². The molecular formula is C19H32ClNO3Si. The van der Waals surface area contributed by atoms with Crippen LogP contribution in [-0.2, 0) is 14.0 Å². The molecule has 1 heterocycles. The number of halogens is 1. The summed E-state index contributed by atoms with van der Waals surface area (Å²) >= 11 is 6.43. The van der Waals surface area contributed by atoms with Gasteiger partial charge >= 0.3 is 5.97 Å². The summed E-state index contributed by atoms with van der Waals surface area (Å²) in [5, 5.41) is 0.899. The van der Waals surface area contributed by atoms with Gasteiger partial charge in [0.15, 0.2) is 8.32 Å². The zero-order chi connectivity index (χ0) is 18.8. The Morgan fingerprint density at radius 1 is 1.28 bits per heavy atom. The number of ether oxygens (including phenoxy) is 1. The number of esters is 1. The Kier molecular flexibility index (Phi) is 6.44. The molecule has 1 aliphatic carbocycles. The lowest BCUT2D eigenvalue weighted by Crippen LogP contribution is -2.47. The number of hydrogen-bond donors (Lipinski definition) is 0. The molecule has 0 spiro atoms. The van der Waals surface area contributed by atoms with E-state index in [0.29, 0.717) is 17.6 Å². The second-order valence-electron chi connectivity index (χ2n) is 8.53. The smallest absolute Gasteiger partial charge is 0.312 e. The van der Waals surface area contributed by atoms with Crippen molar-refractivity contribution < 1.29 is 14.0 Å². The summed E-state index contributed by atoms with van der Waals surface area (Å²) in [6, 6.07) is 0. The molecule has 0 aromatic carbocycles. The largest absolute Gasteiger partial charge is 0.469 e. The first-order valence-corrected chi connectivity index (χ1v) is 12.4. The van der Waals surface area contributed by atoms with Crippen LogP contribution in [0.2, 0.25) is 18.1 Å². The summed E-state index contributed by atoms with van der Waals surface area (Å²) in [7, 11) is -0.302. The minimum Gasteiger partial charge on any atom is -0.469 e. The first-order chi connectivity index (χ1) is 11.5. The average Bonchev–Trinajstić information content (AvgIpc) is 2.53. The van der Waals surface area contributed by atoms with Gasteiger partial charge in [-0.15, -0.1) is 0 Å². The maximum Gasteiger partial charge on any atom is 0.312 e. The minimum absolute atomic E-state index is 0.227. The number of carbonyl (C=O) groups excluding carboxylic acids is 1. The number of likely N-dealkylation sites (tertiary alicyclic amines) is 1. The highest BCUT2D eigenvalue weighted by Gasteiger charge is 2.40. The van der Waals surface area contributed by atoms with Gasteiger partial charge in [-0.3, -0.25) is 4.79 Å².